The van der Waals surface area contributed by atoms with Gasteiger partial charge in [-0.15, -0.1) is 0 Å². The van der Waals surface area contributed by atoms with Crippen LogP contribution in [0.2, 0.25) is 5.02 Å². The summed E-state index contributed by atoms with van der Waals surface area (Å²) >= 11 is 6.12. The van der Waals surface area contributed by atoms with E-state index in [1.807, 2.05) is 30.3 Å². The van der Waals surface area contributed by atoms with Gasteiger partial charge in [-0.1, -0.05) is 17.7 Å². The van der Waals surface area contributed by atoms with E-state index >= 15 is 0 Å². The molecule has 130 valence electrons. The Morgan fingerprint density at radius 2 is 2.21 bits per heavy atom. The van der Waals surface area contributed by atoms with Gasteiger partial charge in [0, 0.05) is 63.9 Å². The van der Waals surface area contributed by atoms with Gasteiger partial charge in [0.25, 0.3) is 0 Å². The van der Waals surface area contributed by atoms with Gasteiger partial charge in [0.05, 0.1) is 0 Å². The van der Waals surface area contributed by atoms with Crippen molar-refractivity contribution in [1.82, 2.24) is 10.3 Å². The monoisotopic (exact) mass is 366 g/mol. The molecule has 0 bridgehead atoms. The molecule has 2 atom stereocenters. The minimum Gasteiger partial charge on any atom is -0.489 e. The van der Waals surface area contributed by atoms with Crippen LogP contribution in [0.5, 0.6) is 5.75 Å². The number of nitrogens with zero attached hydrogens (tertiary/aromatic N) is 1. The van der Waals surface area contributed by atoms with E-state index in [2.05, 4.69) is 17.2 Å². The van der Waals surface area contributed by atoms with Gasteiger partial charge >= 0.3 is 0 Å². The van der Waals surface area contributed by atoms with Gasteiger partial charge in [-0.05, 0) is 37.6 Å². The number of halogens is 1. The number of hydrogen-bond acceptors (Lipinski definition) is 4. The van der Waals surface area contributed by atoms with Crippen molar-refractivity contribution in [1.29, 1.82) is 0 Å². The first kappa shape index (κ1) is 18.9. The molecule has 1 aromatic heterocycles. The predicted molar refractivity (Wildman–Crippen MR) is 99.9 cm³/mol. The Kier molecular flexibility index (Phi) is 7.69. The fourth-order valence-electron chi connectivity index (χ4n) is 2.20. The quantitative estimate of drug-likeness (QED) is 0.737. The lowest BCUT2D eigenvalue weighted by Gasteiger charge is -2.16. The van der Waals surface area contributed by atoms with Crippen molar-refractivity contribution in [2.75, 3.05) is 12.0 Å². The van der Waals surface area contributed by atoms with Gasteiger partial charge in [-0.3, -0.25) is 9.19 Å². The molecule has 24 heavy (non-hydrogen) atoms. The van der Waals surface area contributed by atoms with Crippen LogP contribution in [0.15, 0.2) is 42.7 Å². The lowest BCUT2D eigenvalue weighted by atomic mass is 10.1. The lowest BCUT2D eigenvalue weighted by molar-refractivity contribution is 0.301. The molecular weight excluding hydrogens is 344 g/mol. The molecule has 4 nitrogen and oxygen atoms in total. The molecular formula is C18H23ClN2O2S. The molecule has 0 saturated carbocycles. The van der Waals surface area contributed by atoms with E-state index in [-0.39, 0.29) is 6.04 Å². The fourth-order valence-corrected chi connectivity index (χ4v) is 3.08. The van der Waals surface area contributed by atoms with Crippen LogP contribution in [0.4, 0.5) is 0 Å². The molecule has 0 fully saturated rings. The highest BCUT2D eigenvalue weighted by Gasteiger charge is 2.08. The van der Waals surface area contributed by atoms with Crippen molar-refractivity contribution in [3.8, 4) is 5.75 Å². The zero-order valence-corrected chi connectivity index (χ0v) is 15.6. The van der Waals surface area contributed by atoms with Crippen LogP contribution in [0.25, 0.3) is 0 Å². The summed E-state index contributed by atoms with van der Waals surface area (Å²) in [5.74, 6) is 1.51. The molecule has 0 aliphatic carbocycles. The molecule has 2 rings (SSSR count). The molecule has 1 N–H and O–H groups in total. The van der Waals surface area contributed by atoms with Crippen LogP contribution in [-0.4, -0.2) is 27.2 Å². The van der Waals surface area contributed by atoms with Crippen molar-refractivity contribution in [3.05, 3.63) is 58.9 Å². The van der Waals surface area contributed by atoms with Crippen LogP contribution in [0.3, 0.4) is 0 Å². The second kappa shape index (κ2) is 9.77. The maximum absolute atomic E-state index is 11.2. The summed E-state index contributed by atoms with van der Waals surface area (Å²) in [5.41, 5.74) is 2.03. The van der Waals surface area contributed by atoms with Gasteiger partial charge < -0.3 is 10.1 Å². The summed E-state index contributed by atoms with van der Waals surface area (Å²) < 4.78 is 17.1. The van der Waals surface area contributed by atoms with E-state index in [9.17, 15) is 4.21 Å². The SMILES string of the molecule is C[C@@H](CC[S@](C)=O)NCc1cc(Cl)ccc1OCc1cccnc1. The summed E-state index contributed by atoms with van der Waals surface area (Å²) in [7, 11) is -0.758. The zero-order chi connectivity index (χ0) is 17.4. The second-order valence-electron chi connectivity index (χ2n) is 5.75. The highest BCUT2D eigenvalue weighted by atomic mass is 35.5. The van der Waals surface area contributed by atoms with Crippen molar-refractivity contribution >= 4 is 22.4 Å². The summed E-state index contributed by atoms with van der Waals surface area (Å²) in [4.78, 5) is 4.09. The van der Waals surface area contributed by atoms with Crippen LogP contribution in [-0.2, 0) is 24.0 Å². The van der Waals surface area contributed by atoms with E-state index in [1.165, 1.54) is 0 Å². The van der Waals surface area contributed by atoms with Crippen LogP contribution in [0.1, 0.15) is 24.5 Å². The molecule has 1 heterocycles. The Balaban J connectivity index is 1.95. The molecule has 0 saturated heterocycles. The van der Waals surface area contributed by atoms with E-state index in [0.29, 0.717) is 23.9 Å². The first-order valence-electron chi connectivity index (χ1n) is 7.88. The Morgan fingerprint density at radius 3 is 2.92 bits per heavy atom. The average molecular weight is 367 g/mol. The van der Waals surface area contributed by atoms with Gasteiger partial charge in [-0.25, -0.2) is 0 Å². The number of benzene rings is 1. The predicted octanol–water partition coefficient (Wildman–Crippen LogP) is 3.56. The van der Waals surface area contributed by atoms with Crippen molar-refractivity contribution in [2.24, 2.45) is 0 Å². The summed E-state index contributed by atoms with van der Waals surface area (Å²) in [6.45, 7) is 3.21. The average Bonchev–Trinajstić information content (AvgIpc) is 2.58. The summed E-state index contributed by atoms with van der Waals surface area (Å²) in [6.07, 6.45) is 6.14. The van der Waals surface area contributed by atoms with E-state index in [0.717, 1.165) is 23.3 Å². The summed E-state index contributed by atoms with van der Waals surface area (Å²) in [6, 6.07) is 9.78. The molecule has 0 aliphatic rings. The molecule has 2 aromatic rings. The Bertz CT molecular complexity index is 667. The van der Waals surface area contributed by atoms with Crippen molar-refractivity contribution in [3.63, 3.8) is 0 Å². The number of hydrogen-bond donors (Lipinski definition) is 1. The molecule has 0 unspecified atom stereocenters. The number of rotatable bonds is 9. The van der Waals surface area contributed by atoms with Crippen LogP contribution < -0.4 is 10.1 Å². The summed E-state index contributed by atoms with van der Waals surface area (Å²) in [5, 5.41) is 4.12. The van der Waals surface area contributed by atoms with Gasteiger partial charge in [-0.2, -0.15) is 0 Å². The smallest absolute Gasteiger partial charge is 0.124 e. The molecule has 0 aliphatic heterocycles. The van der Waals surface area contributed by atoms with Crippen molar-refractivity contribution in [2.45, 2.75) is 32.5 Å². The van der Waals surface area contributed by atoms with Crippen LogP contribution >= 0.6 is 11.6 Å². The minimum absolute atomic E-state index is 0.277. The molecule has 0 amide bonds. The first-order chi connectivity index (χ1) is 11.5. The first-order valence-corrected chi connectivity index (χ1v) is 9.98. The maximum Gasteiger partial charge on any atom is 0.124 e. The third kappa shape index (κ3) is 6.59. The Hall–Kier alpha value is -1.43. The lowest BCUT2D eigenvalue weighted by Crippen LogP contribution is -2.27. The highest BCUT2D eigenvalue weighted by Crippen LogP contribution is 2.24. The van der Waals surface area contributed by atoms with Gasteiger partial charge in [0.1, 0.15) is 12.4 Å². The second-order valence-corrected chi connectivity index (χ2v) is 7.74. The topological polar surface area (TPSA) is 51.2 Å². The van der Waals surface area contributed by atoms with Crippen LogP contribution in [0, 0.1) is 0 Å². The highest BCUT2D eigenvalue weighted by molar-refractivity contribution is 7.84. The normalized spacial score (nSPS) is 13.5. The standard InChI is InChI=1S/C18H23ClN2O2S/c1-14(7-9-24(2)22)21-12-16-10-17(19)5-6-18(16)23-13-15-4-3-8-20-11-15/h3-6,8,10-11,14,21H,7,9,12-13H2,1-2H3/t14-,24-/m0/s1. The molecule has 0 radical (unpaired) electrons. The van der Waals surface area contributed by atoms with E-state index < -0.39 is 10.8 Å². The number of pyridine rings is 1. The number of aromatic nitrogens is 1. The Morgan fingerprint density at radius 1 is 1.38 bits per heavy atom. The fraction of sp³-hybridized carbons (Fsp3) is 0.389. The minimum atomic E-state index is -0.758. The molecule has 0 spiro atoms. The van der Waals surface area contributed by atoms with Gasteiger partial charge in [0.2, 0.25) is 0 Å². The molecule has 6 heteroatoms. The van der Waals surface area contributed by atoms with E-state index in [4.69, 9.17) is 16.3 Å². The Labute approximate surface area is 151 Å². The third-order valence-corrected chi connectivity index (χ3v) is 4.66. The van der Waals surface area contributed by atoms with Crippen molar-refractivity contribution < 1.29 is 8.95 Å². The van der Waals surface area contributed by atoms with E-state index in [1.54, 1.807) is 18.6 Å². The van der Waals surface area contributed by atoms with Gasteiger partial charge in [0.15, 0.2) is 0 Å². The largest absolute Gasteiger partial charge is 0.489 e. The number of nitrogens with one attached hydrogen (secondary N) is 1. The number of ether oxygens (including phenoxy) is 1. The molecule has 1 aromatic carbocycles. The zero-order valence-electron chi connectivity index (χ0n) is 14.0. The third-order valence-electron chi connectivity index (χ3n) is 3.62. The maximum atomic E-state index is 11.2.